The molecule has 0 fully saturated rings. The Kier molecular flexibility index (Phi) is 7.97. The Morgan fingerprint density at radius 1 is 1.23 bits per heavy atom. The van der Waals surface area contributed by atoms with Gasteiger partial charge in [-0.2, -0.15) is 0 Å². The molecule has 0 saturated carbocycles. The van der Waals surface area contributed by atoms with Crippen LogP contribution in [0.15, 0.2) is 12.2 Å². The summed E-state index contributed by atoms with van der Waals surface area (Å²) in [5.74, 6) is 0.318. The van der Waals surface area contributed by atoms with Crippen LogP contribution in [0.3, 0.4) is 0 Å². The van der Waals surface area contributed by atoms with Gasteiger partial charge in [0.15, 0.2) is 0 Å². The van der Waals surface area contributed by atoms with Gasteiger partial charge < -0.3 is 13.0 Å². The van der Waals surface area contributed by atoms with Crippen molar-refractivity contribution >= 4 is 32.6 Å². The van der Waals surface area contributed by atoms with Crippen molar-refractivity contribution in [2.75, 3.05) is 0 Å². The number of esters is 1. The van der Waals surface area contributed by atoms with Gasteiger partial charge in [-0.3, -0.25) is 0 Å². The number of hydrogen-bond donors (Lipinski definition) is 0. The maximum Gasteiger partial charge on any atom is 0.333 e. The molecule has 0 aliphatic rings. The van der Waals surface area contributed by atoms with Gasteiger partial charge in [0.25, 0.3) is 0 Å². The predicted octanol–water partition coefficient (Wildman–Crippen LogP) is 3.52. The summed E-state index contributed by atoms with van der Waals surface area (Å²) in [5.41, 5.74) is 0.412. The lowest BCUT2D eigenvalue weighted by molar-refractivity contribution is -0.146. The molecule has 0 aromatic heterocycles. The highest BCUT2D eigenvalue weighted by atomic mass is 28.5. The van der Waals surface area contributed by atoms with Gasteiger partial charge in [0.05, 0.1) is 0 Å². The number of carbonyl (C=O) groups is 1. The summed E-state index contributed by atoms with van der Waals surface area (Å²) in [6.07, 6.45) is 0. The fourth-order valence-corrected chi connectivity index (χ4v) is 11.7. The Morgan fingerprint density at radius 3 is 2.14 bits per heavy atom. The highest BCUT2D eigenvalue weighted by molar-refractivity contribution is 6.85. The Labute approximate surface area is 140 Å². The summed E-state index contributed by atoms with van der Waals surface area (Å²) in [6.45, 7) is 21.9. The van der Waals surface area contributed by atoms with E-state index in [1.807, 2.05) is 13.8 Å². The Morgan fingerprint density at radius 2 is 1.73 bits per heavy atom. The fourth-order valence-electron chi connectivity index (χ4n) is 1.75. The van der Waals surface area contributed by atoms with Crippen LogP contribution in [0.5, 0.6) is 0 Å². The van der Waals surface area contributed by atoms with Crippen LogP contribution in [0.2, 0.25) is 32.2 Å². The molecule has 0 amide bonds. The van der Waals surface area contributed by atoms with Crippen LogP contribution in [-0.4, -0.2) is 37.8 Å². The summed E-state index contributed by atoms with van der Waals surface area (Å²) in [7, 11) is -5.01. The van der Waals surface area contributed by atoms with Crippen LogP contribution in [0.4, 0.5) is 0 Å². The first-order valence-electron chi connectivity index (χ1n) is 7.93. The first kappa shape index (κ1) is 21.8. The average molecular weight is 363 g/mol. The standard InChI is InChI=1S/C15H34O4Si3/c1-12(2)11-20-18-22(9,10)19-21(7,8)15(5,6)17-14(16)13(3)4/h12H,3,11,20H2,1-2,4-10H3. The first-order valence-corrected chi connectivity index (χ1v) is 15.2. The average Bonchev–Trinajstić information content (AvgIpc) is 2.25. The van der Waals surface area contributed by atoms with Crippen molar-refractivity contribution in [3.05, 3.63) is 12.2 Å². The zero-order chi connectivity index (χ0) is 17.8. The van der Waals surface area contributed by atoms with Gasteiger partial charge in [0.1, 0.15) is 15.0 Å². The molecule has 0 aromatic rings. The Hall–Kier alpha value is -0.219. The quantitative estimate of drug-likeness (QED) is 0.358. The number of carbonyl (C=O) groups excluding carboxylic acids is 1. The van der Waals surface area contributed by atoms with E-state index in [0.717, 1.165) is 6.04 Å². The topological polar surface area (TPSA) is 44.8 Å². The summed E-state index contributed by atoms with van der Waals surface area (Å²) >= 11 is 0. The molecule has 22 heavy (non-hydrogen) atoms. The molecule has 0 heterocycles. The summed E-state index contributed by atoms with van der Waals surface area (Å²) in [5, 5.41) is -0.629. The van der Waals surface area contributed by atoms with E-state index in [9.17, 15) is 4.79 Å². The van der Waals surface area contributed by atoms with Crippen LogP contribution >= 0.6 is 0 Å². The van der Waals surface area contributed by atoms with Crippen molar-refractivity contribution in [1.82, 2.24) is 0 Å². The molecule has 130 valence electrons. The van der Waals surface area contributed by atoms with E-state index in [0.29, 0.717) is 11.5 Å². The van der Waals surface area contributed by atoms with Crippen LogP contribution in [0.25, 0.3) is 0 Å². The zero-order valence-corrected chi connectivity index (χ0v) is 19.2. The van der Waals surface area contributed by atoms with Gasteiger partial charge in [0.2, 0.25) is 8.32 Å². The number of ether oxygens (including phenoxy) is 1. The van der Waals surface area contributed by atoms with E-state index >= 15 is 0 Å². The molecule has 0 spiro atoms. The van der Waals surface area contributed by atoms with Crippen LogP contribution < -0.4 is 0 Å². The molecule has 0 aliphatic heterocycles. The number of rotatable bonds is 9. The van der Waals surface area contributed by atoms with E-state index in [2.05, 4.69) is 46.6 Å². The third-order valence-electron chi connectivity index (χ3n) is 3.79. The Balaban J connectivity index is 4.83. The molecule has 0 atom stereocenters. The minimum atomic E-state index is -2.28. The van der Waals surface area contributed by atoms with Crippen LogP contribution in [0, 0.1) is 5.92 Å². The predicted molar refractivity (Wildman–Crippen MR) is 100 cm³/mol. The fraction of sp³-hybridized carbons (Fsp3) is 0.800. The van der Waals surface area contributed by atoms with Gasteiger partial charge in [-0.25, -0.2) is 4.79 Å². The third-order valence-corrected chi connectivity index (χ3v) is 15.8. The smallest absolute Gasteiger partial charge is 0.333 e. The molecule has 7 heteroatoms. The van der Waals surface area contributed by atoms with Crippen molar-refractivity contribution < 1.29 is 17.8 Å². The summed E-state index contributed by atoms with van der Waals surface area (Å²) in [6, 6.07) is 1.16. The Bertz CT molecular complexity index is 404. The molecule has 0 aliphatic carbocycles. The molecular formula is C15H34O4Si3. The molecule has 0 aromatic carbocycles. The monoisotopic (exact) mass is 362 g/mol. The van der Waals surface area contributed by atoms with Gasteiger partial charge in [-0.15, -0.1) is 0 Å². The molecule has 0 unspecified atom stereocenters. The largest absolute Gasteiger partial charge is 0.457 e. The molecular weight excluding hydrogens is 328 g/mol. The third kappa shape index (κ3) is 7.36. The first-order chi connectivity index (χ1) is 9.70. The molecule has 0 rings (SSSR count). The second kappa shape index (κ2) is 8.05. The van der Waals surface area contributed by atoms with Gasteiger partial charge in [-0.05, 0) is 58.9 Å². The van der Waals surface area contributed by atoms with Crippen molar-refractivity contribution in [1.29, 1.82) is 0 Å². The molecule has 0 N–H and O–H groups in total. The van der Waals surface area contributed by atoms with E-state index < -0.39 is 31.9 Å². The molecule has 4 nitrogen and oxygen atoms in total. The van der Waals surface area contributed by atoms with E-state index in [1.165, 1.54) is 0 Å². The molecule has 0 saturated heterocycles. The highest BCUT2D eigenvalue weighted by Gasteiger charge is 2.48. The minimum absolute atomic E-state index is 0.358. The second-order valence-corrected chi connectivity index (χ2v) is 17.7. The maximum atomic E-state index is 11.8. The van der Waals surface area contributed by atoms with E-state index in [-0.39, 0.29) is 5.97 Å². The second-order valence-electron chi connectivity index (χ2n) is 7.72. The molecule has 0 bridgehead atoms. The zero-order valence-electron chi connectivity index (χ0n) is 15.8. The van der Waals surface area contributed by atoms with Crippen LogP contribution in [0.1, 0.15) is 34.6 Å². The SMILES string of the molecule is C=C(C)C(=O)OC(C)(C)[Si](C)(C)O[Si](C)(C)O[SiH2]CC(C)C. The normalized spacial score (nSPS) is 13.9. The highest BCUT2D eigenvalue weighted by Crippen LogP contribution is 2.29. The van der Waals surface area contributed by atoms with E-state index in [4.69, 9.17) is 13.0 Å². The van der Waals surface area contributed by atoms with Gasteiger partial charge in [0, 0.05) is 5.57 Å². The van der Waals surface area contributed by atoms with Gasteiger partial charge in [-0.1, -0.05) is 20.4 Å². The van der Waals surface area contributed by atoms with Gasteiger partial charge >= 0.3 is 14.5 Å². The maximum absolute atomic E-state index is 11.8. The van der Waals surface area contributed by atoms with E-state index in [1.54, 1.807) is 6.92 Å². The summed E-state index contributed by atoms with van der Waals surface area (Å²) in [4.78, 5) is 11.8. The summed E-state index contributed by atoms with van der Waals surface area (Å²) < 4.78 is 18.2. The van der Waals surface area contributed by atoms with Crippen molar-refractivity contribution in [3.8, 4) is 0 Å². The van der Waals surface area contributed by atoms with Crippen LogP contribution in [-0.2, 0) is 17.8 Å². The number of hydrogen-bond acceptors (Lipinski definition) is 4. The molecule has 0 radical (unpaired) electrons. The minimum Gasteiger partial charge on any atom is -0.457 e. The van der Waals surface area contributed by atoms with Crippen molar-refractivity contribution in [3.63, 3.8) is 0 Å². The lowest BCUT2D eigenvalue weighted by atomic mass is 10.3. The lowest BCUT2D eigenvalue weighted by Crippen LogP contribution is -2.60. The van der Waals surface area contributed by atoms with Crippen molar-refractivity contribution in [2.45, 2.75) is 72.1 Å². The lowest BCUT2D eigenvalue weighted by Gasteiger charge is -2.43. The van der Waals surface area contributed by atoms with Crippen molar-refractivity contribution in [2.24, 2.45) is 5.92 Å².